The Labute approximate surface area is 144 Å². The third-order valence-electron chi connectivity index (χ3n) is 4.97. The number of rotatable bonds is 3. The van der Waals surface area contributed by atoms with Gasteiger partial charge in [0, 0.05) is 13.1 Å². The smallest absolute Gasteiger partial charge is 0.255 e. The van der Waals surface area contributed by atoms with Crippen molar-refractivity contribution >= 4 is 5.91 Å². The Morgan fingerprint density at radius 1 is 1.12 bits per heavy atom. The van der Waals surface area contributed by atoms with Gasteiger partial charge in [-0.15, -0.1) is 0 Å². The molecule has 0 radical (unpaired) electrons. The fraction of sp³-hybridized carbons (Fsp3) is 0.688. The van der Waals surface area contributed by atoms with E-state index in [-0.39, 0.29) is 24.0 Å². The van der Waals surface area contributed by atoms with Crippen LogP contribution in [0.4, 0.5) is 0 Å². The van der Waals surface area contributed by atoms with Crippen LogP contribution in [0.2, 0.25) is 0 Å². The minimum Gasteiger partial charge on any atom is -0.362 e. The quantitative estimate of drug-likeness (QED) is 0.822. The van der Waals surface area contributed by atoms with E-state index in [2.05, 4.69) is 20.3 Å². The molecular weight excluding hydrogens is 326 g/mol. The lowest BCUT2D eigenvalue weighted by molar-refractivity contribution is -0.138. The molecule has 9 nitrogen and oxygen atoms in total. The van der Waals surface area contributed by atoms with E-state index in [4.69, 9.17) is 13.8 Å². The number of piperidine rings is 1. The predicted molar refractivity (Wildman–Crippen MR) is 83.4 cm³/mol. The van der Waals surface area contributed by atoms with Crippen molar-refractivity contribution in [3.63, 3.8) is 0 Å². The Balaban J connectivity index is 1.33. The van der Waals surface area contributed by atoms with E-state index in [0.717, 1.165) is 25.7 Å². The fourth-order valence-corrected chi connectivity index (χ4v) is 3.62. The van der Waals surface area contributed by atoms with Crippen molar-refractivity contribution in [2.75, 3.05) is 13.1 Å². The van der Waals surface area contributed by atoms with E-state index in [0.29, 0.717) is 36.5 Å². The van der Waals surface area contributed by atoms with Crippen molar-refractivity contribution in [2.24, 2.45) is 0 Å². The Kier molecular flexibility index (Phi) is 4.03. The first-order valence-corrected chi connectivity index (χ1v) is 8.58. The topological polar surface area (TPSA) is 107 Å². The van der Waals surface area contributed by atoms with Crippen molar-refractivity contribution < 1.29 is 18.6 Å². The predicted octanol–water partition coefficient (Wildman–Crippen LogP) is 1.52. The highest BCUT2D eigenvalue weighted by molar-refractivity contribution is 5.77. The van der Waals surface area contributed by atoms with Gasteiger partial charge in [0.2, 0.25) is 11.8 Å². The first kappa shape index (κ1) is 16.2. The number of nitrogens with zero attached hydrogens (tertiary/aromatic N) is 5. The molecule has 0 N–H and O–H groups in total. The van der Waals surface area contributed by atoms with Gasteiger partial charge in [0.25, 0.3) is 5.89 Å². The zero-order valence-electron chi connectivity index (χ0n) is 14.4. The summed E-state index contributed by atoms with van der Waals surface area (Å²) < 4.78 is 16.5. The minimum atomic E-state index is -0.190. The molecule has 0 unspecified atom stereocenters. The van der Waals surface area contributed by atoms with Crippen molar-refractivity contribution in [1.29, 1.82) is 0 Å². The lowest BCUT2D eigenvalue weighted by atomic mass is 9.88. The number of amides is 1. The number of ether oxygens (including phenoxy) is 1. The van der Waals surface area contributed by atoms with Crippen molar-refractivity contribution in [3.8, 4) is 0 Å². The van der Waals surface area contributed by atoms with Crippen molar-refractivity contribution in [2.45, 2.75) is 57.7 Å². The standard InChI is InChI=1S/C16H21N5O4/c1-10-17-13(24-19-10)9-14(22)21-7-5-16(6-8-21)4-3-12(23-16)15-18-11(2)20-25-15/h12H,3-9H2,1-2H3/t12-/m1/s1. The zero-order valence-corrected chi connectivity index (χ0v) is 14.4. The van der Waals surface area contributed by atoms with E-state index in [1.165, 1.54) is 0 Å². The Bertz CT molecular complexity index is 762. The lowest BCUT2D eigenvalue weighted by Crippen LogP contribution is -2.46. The second-order valence-electron chi connectivity index (χ2n) is 6.80. The summed E-state index contributed by atoms with van der Waals surface area (Å²) in [6.45, 7) is 4.87. The van der Waals surface area contributed by atoms with Crippen LogP contribution in [-0.2, 0) is 16.0 Å². The highest BCUT2D eigenvalue weighted by Gasteiger charge is 2.45. The first-order valence-electron chi connectivity index (χ1n) is 8.58. The summed E-state index contributed by atoms with van der Waals surface area (Å²) in [5, 5.41) is 7.55. The minimum absolute atomic E-state index is 0.0144. The monoisotopic (exact) mass is 347 g/mol. The molecule has 0 aromatic carbocycles. The molecule has 0 aliphatic carbocycles. The van der Waals surface area contributed by atoms with Crippen LogP contribution in [0.3, 0.4) is 0 Å². The van der Waals surface area contributed by atoms with Gasteiger partial charge in [-0.3, -0.25) is 4.79 Å². The summed E-state index contributed by atoms with van der Waals surface area (Å²) in [6, 6.07) is 0. The Hall–Kier alpha value is -2.29. The molecule has 2 aliphatic rings. The molecular formula is C16H21N5O4. The highest BCUT2D eigenvalue weighted by atomic mass is 16.5. The van der Waals surface area contributed by atoms with E-state index < -0.39 is 0 Å². The van der Waals surface area contributed by atoms with Crippen LogP contribution in [0.5, 0.6) is 0 Å². The molecule has 1 amide bonds. The van der Waals surface area contributed by atoms with Crippen LogP contribution in [0, 0.1) is 13.8 Å². The molecule has 25 heavy (non-hydrogen) atoms. The number of aryl methyl sites for hydroxylation is 2. The molecule has 134 valence electrons. The molecule has 1 atom stereocenters. The third kappa shape index (κ3) is 3.28. The highest BCUT2D eigenvalue weighted by Crippen LogP contribution is 2.44. The second-order valence-corrected chi connectivity index (χ2v) is 6.80. The number of carbonyl (C=O) groups is 1. The largest absolute Gasteiger partial charge is 0.362 e. The second kappa shape index (κ2) is 6.21. The maximum Gasteiger partial charge on any atom is 0.255 e. The summed E-state index contributed by atoms with van der Waals surface area (Å²) in [7, 11) is 0. The maximum atomic E-state index is 12.4. The van der Waals surface area contributed by atoms with Crippen LogP contribution in [0.1, 0.15) is 55.2 Å². The third-order valence-corrected chi connectivity index (χ3v) is 4.97. The van der Waals surface area contributed by atoms with Gasteiger partial charge in [-0.25, -0.2) is 0 Å². The molecule has 2 saturated heterocycles. The van der Waals surface area contributed by atoms with E-state index in [1.54, 1.807) is 13.8 Å². The molecule has 4 rings (SSSR count). The van der Waals surface area contributed by atoms with Crippen LogP contribution >= 0.6 is 0 Å². The number of likely N-dealkylation sites (tertiary alicyclic amines) is 1. The van der Waals surface area contributed by atoms with Gasteiger partial charge < -0.3 is 18.7 Å². The number of aromatic nitrogens is 4. The molecule has 1 spiro atoms. The normalized spacial score (nSPS) is 22.6. The van der Waals surface area contributed by atoms with Crippen LogP contribution in [-0.4, -0.2) is 49.8 Å². The van der Waals surface area contributed by atoms with E-state index >= 15 is 0 Å². The summed E-state index contributed by atoms with van der Waals surface area (Å²) in [5.41, 5.74) is -0.190. The van der Waals surface area contributed by atoms with Gasteiger partial charge >= 0.3 is 0 Å². The van der Waals surface area contributed by atoms with Gasteiger partial charge in [0.1, 0.15) is 12.5 Å². The molecule has 2 fully saturated rings. The van der Waals surface area contributed by atoms with Crippen LogP contribution in [0.25, 0.3) is 0 Å². The molecule has 0 bridgehead atoms. The summed E-state index contributed by atoms with van der Waals surface area (Å²) in [5.74, 6) is 2.10. The van der Waals surface area contributed by atoms with Gasteiger partial charge in [-0.05, 0) is 39.5 Å². The molecule has 4 heterocycles. The summed E-state index contributed by atoms with van der Waals surface area (Å²) in [4.78, 5) is 22.6. The average Bonchev–Trinajstić information content (AvgIpc) is 3.30. The maximum absolute atomic E-state index is 12.4. The average molecular weight is 347 g/mol. The van der Waals surface area contributed by atoms with E-state index in [1.807, 2.05) is 4.90 Å². The Morgan fingerprint density at radius 3 is 2.48 bits per heavy atom. The fourth-order valence-electron chi connectivity index (χ4n) is 3.62. The van der Waals surface area contributed by atoms with Gasteiger partial charge in [-0.2, -0.15) is 9.97 Å². The van der Waals surface area contributed by atoms with Gasteiger partial charge in [0.05, 0.1) is 5.60 Å². The summed E-state index contributed by atoms with van der Waals surface area (Å²) in [6.07, 6.45) is 3.46. The molecule has 2 aromatic heterocycles. The Morgan fingerprint density at radius 2 is 1.84 bits per heavy atom. The zero-order chi connectivity index (χ0) is 17.4. The van der Waals surface area contributed by atoms with Crippen molar-refractivity contribution in [3.05, 3.63) is 23.4 Å². The van der Waals surface area contributed by atoms with Crippen LogP contribution < -0.4 is 0 Å². The van der Waals surface area contributed by atoms with Gasteiger partial charge in [-0.1, -0.05) is 10.3 Å². The van der Waals surface area contributed by atoms with Crippen LogP contribution in [0.15, 0.2) is 9.05 Å². The van der Waals surface area contributed by atoms with E-state index in [9.17, 15) is 4.79 Å². The number of hydrogen-bond acceptors (Lipinski definition) is 8. The summed E-state index contributed by atoms with van der Waals surface area (Å²) >= 11 is 0. The molecule has 9 heteroatoms. The molecule has 2 aliphatic heterocycles. The SMILES string of the molecule is Cc1noc(CC(=O)N2CCC3(CC[C@H](c4nc(C)no4)O3)CC2)n1. The number of hydrogen-bond donors (Lipinski definition) is 0. The van der Waals surface area contributed by atoms with Gasteiger partial charge in [0.15, 0.2) is 11.6 Å². The molecule has 0 saturated carbocycles. The lowest BCUT2D eigenvalue weighted by Gasteiger charge is -2.38. The molecule has 2 aromatic rings. The first-order chi connectivity index (χ1) is 12.0. The number of carbonyl (C=O) groups excluding carboxylic acids is 1. The van der Waals surface area contributed by atoms with Crippen molar-refractivity contribution in [1.82, 2.24) is 25.2 Å².